The molecule has 0 aliphatic carbocycles. The maximum absolute atomic E-state index is 12.5. The molecule has 25 heavy (non-hydrogen) atoms. The lowest BCUT2D eigenvalue weighted by atomic mass is 10.2. The van der Waals surface area contributed by atoms with Crippen molar-refractivity contribution in [3.8, 4) is 5.75 Å². The van der Waals surface area contributed by atoms with Gasteiger partial charge in [-0.15, -0.1) is 0 Å². The topological polar surface area (TPSA) is 69.7 Å². The molecule has 10 heteroatoms. The molecular formula is C15H11F3IO5S+. The number of rotatable bonds is 5. The number of alkyl halides is 3. The fraction of sp³-hybridized carbons (Fsp3) is 0.133. The largest absolute Gasteiger partial charge is 0.534 e. The number of carbonyl (C=O) groups is 1. The molecule has 0 heterocycles. The molecule has 0 atom stereocenters. The SMILES string of the molecule is COC(=O)c1ccc([I+]c2ccccc2OS(=O)(=O)C(F)(F)F)cc1. The summed E-state index contributed by atoms with van der Waals surface area (Å²) in [7, 11) is -4.48. The van der Waals surface area contributed by atoms with Gasteiger partial charge in [-0.25, -0.2) is 4.79 Å². The summed E-state index contributed by atoms with van der Waals surface area (Å²) in [6, 6.07) is 11.9. The first-order valence-electron chi connectivity index (χ1n) is 6.57. The van der Waals surface area contributed by atoms with E-state index in [9.17, 15) is 26.4 Å². The highest BCUT2D eigenvalue weighted by Gasteiger charge is 2.49. The molecular weight excluding hydrogens is 476 g/mol. The highest BCUT2D eigenvalue weighted by molar-refractivity contribution is 7.87. The normalized spacial score (nSPS) is 11.8. The van der Waals surface area contributed by atoms with Gasteiger partial charge in [0.25, 0.3) is 0 Å². The van der Waals surface area contributed by atoms with E-state index in [0.29, 0.717) is 9.13 Å². The molecule has 134 valence electrons. The number of halogens is 4. The van der Waals surface area contributed by atoms with Gasteiger partial charge in [0.1, 0.15) is 0 Å². The average molecular weight is 487 g/mol. The molecule has 0 fully saturated rings. The molecule has 0 bridgehead atoms. The van der Waals surface area contributed by atoms with E-state index in [1.54, 1.807) is 18.2 Å². The molecule has 0 saturated heterocycles. The molecule has 2 aromatic rings. The van der Waals surface area contributed by atoms with E-state index in [1.165, 1.54) is 37.4 Å². The smallest absolute Gasteiger partial charge is 0.465 e. The number of hydrogen-bond acceptors (Lipinski definition) is 5. The third-order valence-electron chi connectivity index (χ3n) is 2.80. The van der Waals surface area contributed by atoms with Crippen molar-refractivity contribution in [2.75, 3.05) is 7.11 Å². The van der Waals surface area contributed by atoms with Crippen molar-refractivity contribution in [3.63, 3.8) is 0 Å². The monoisotopic (exact) mass is 487 g/mol. The first kappa shape index (κ1) is 19.5. The van der Waals surface area contributed by atoms with Crippen molar-refractivity contribution in [1.29, 1.82) is 0 Å². The van der Waals surface area contributed by atoms with Gasteiger partial charge in [0, 0.05) is 0 Å². The molecule has 0 amide bonds. The maximum Gasteiger partial charge on any atom is 0.534 e. The summed E-state index contributed by atoms with van der Waals surface area (Å²) in [5.41, 5.74) is -5.17. The minimum Gasteiger partial charge on any atom is -0.465 e. The Bertz CT molecular complexity index is 863. The van der Waals surface area contributed by atoms with Crippen LogP contribution in [0.3, 0.4) is 0 Å². The number of ether oxygens (including phenoxy) is 1. The van der Waals surface area contributed by atoms with Gasteiger partial charge < -0.3 is 8.92 Å². The summed E-state index contributed by atoms with van der Waals surface area (Å²) in [4.78, 5) is 11.4. The van der Waals surface area contributed by atoms with Crippen LogP contribution in [0.2, 0.25) is 0 Å². The van der Waals surface area contributed by atoms with Crippen LogP contribution in [0.4, 0.5) is 13.2 Å². The van der Waals surface area contributed by atoms with Gasteiger partial charge >= 0.3 is 42.8 Å². The van der Waals surface area contributed by atoms with Gasteiger partial charge in [0.2, 0.25) is 3.57 Å². The van der Waals surface area contributed by atoms with Crippen molar-refractivity contribution in [2.24, 2.45) is 0 Å². The Morgan fingerprint density at radius 2 is 1.64 bits per heavy atom. The van der Waals surface area contributed by atoms with E-state index >= 15 is 0 Å². The van der Waals surface area contributed by atoms with Crippen LogP contribution in [-0.2, 0) is 14.9 Å². The second kappa shape index (κ2) is 7.60. The summed E-state index contributed by atoms with van der Waals surface area (Å²) in [5, 5.41) is 0. The number of hydrogen-bond donors (Lipinski definition) is 0. The Morgan fingerprint density at radius 1 is 1.04 bits per heavy atom. The fourth-order valence-electron chi connectivity index (χ4n) is 1.64. The van der Waals surface area contributed by atoms with Crippen LogP contribution in [0.15, 0.2) is 48.5 Å². The van der Waals surface area contributed by atoms with E-state index in [0.717, 1.165) is 3.57 Å². The third kappa shape index (κ3) is 4.84. The zero-order valence-electron chi connectivity index (χ0n) is 12.6. The summed E-state index contributed by atoms with van der Waals surface area (Å²) >= 11 is -1.03. The van der Waals surface area contributed by atoms with E-state index < -0.39 is 42.8 Å². The molecule has 5 nitrogen and oxygen atoms in total. The minimum atomic E-state index is -5.73. The predicted molar refractivity (Wildman–Crippen MR) is 77.2 cm³/mol. The molecule has 0 radical (unpaired) electrons. The highest BCUT2D eigenvalue weighted by atomic mass is 127. The molecule has 0 aromatic heterocycles. The Morgan fingerprint density at radius 3 is 2.20 bits per heavy atom. The molecule has 0 saturated carbocycles. The van der Waals surface area contributed by atoms with E-state index in [1.807, 2.05) is 0 Å². The first-order chi connectivity index (χ1) is 11.6. The Balaban J connectivity index is 2.25. The van der Waals surface area contributed by atoms with Gasteiger partial charge in [-0.1, -0.05) is 12.1 Å². The second-order valence-corrected chi connectivity index (χ2v) is 8.99. The number of benzene rings is 2. The lowest BCUT2D eigenvalue weighted by Gasteiger charge is -2.08. The molecule has 0 aliphatic heterocycles. The summed E-state index contributed by atoms with van der Waals surface area (Å²) < 4.78 is 69.8. The molecule has 2 aromatic carbocycles. The van der Waals surface area contributed by atoms with Crippen LogP contribution >= 0.6 is 0 Å². The van der Waals surface area contributed by atoms with Crippen molar-refractivity contribution in [2.45, 2.75) is 5.51 Å². The first-order valence-corrected chi connectivity index (χ1v) is 10.1. The average Bonchev–Trinajstić information content (AvgIpc) is 2.55. The highest BCUT2D eigenvalue weighted by Crippen LogP contribution is 2.26. The van der Waals surface area contributed by atoms with Crippen LogP contribution in [0, 0.1) is 7.14 Å². The molecule has 0 aliphatic rings. The molecule has 2 rings (SSSR count). The van der Waals surface area contributed by atoms with Gasteiger partial charge in [-0.05, 0) is 36.4 Å². The van der Waals surface area contributed by atoms with E-state index in [2.05, 4.69) is 8.92 Å². The standard InChI is InChI=1S/C15H11F3IO5S/c1-23-14(20)10-6-8-11(9-7-10)19-12-4-2-3-5-13(12)24-25(21,22)15(16,17)18/h2-9H,1H3/q+1. The van der Waals surface area contributed by atoms with Crippen LogP contribution < -0.4 is 25.4 Å². The number of carbonyl (C=O) groups excluding carboxylic acids is 1. The molecule has 0 spiro atoms. The fourth-order valence-corrected chi connectivity index (χ4v) is 4.60. The Kier molecular flexibility index (Phi) is 5.93. The molecule has 0 unspecified atom stereocenters. The maximum atomic E-state index is 12.5. The van der Waals surface area contributed by atoms with E-state index in [4.69, 9.17) is 0 Å². The second-order valence-electron chi connectivity index (χ2n) is 4.51. The summed E-state index contributed by atoms with van der Waals surface area (Å²) in [6.07, 6.45) is 0. The Hall–Kier alpha value is -1.82. The number of methoxy groups -OCH3 is 1. The van der Waals surface area contributed by atoms with E-state index in [-0.39, 0.29) is 5.75 Å². The van der Waals surface area contributed by atoms with Gasteiger partial charge in [0.05, 0.1) is 12.7 Å². The lowest BCUT2D eigenvalue weighted by Crippen LogP contribution is -3.61. The van der Waals surface area contributed by atoms with Crippen molar-refractivity contribution >= 4 is 16.1 Å². The molecule has 0 N–H and O–H groups in total. The van der Waals surface area contributed by atoms with Crippen molar-refractivity contribution in [3.05, 3.63) is 61.2 Å². The van der Waals surface area contributed by atoms with Crippen LogP contribution in [-0.4, -0.2) is 27.0 Å². The van der Waals surface area contributed by atoms with Gasteiger partial charge in [0.15, 0.2) is 9.32 Å². The van der Waals surface area contributed by atoms with Crippen LogP contribution in [0.1, 0.15) is 10.4 Å². The zero-order valence-corrected chi connectivity index (χ0v) is 15.6. The number of para-hydroxylation sites is 1. The van der Waals surface area contributed by atoms with Crippen LogP contribution in [0.5, 0.6) is 5.75 Å². The summed E-state index contributed by atoms with van der Waals surface area (Å²) in [6.45, 7) is 0. The number of esters is 1. The summed E-state index contributed by atoms with van der Waals surface area (Å²) in [5.74, 6) is -0.866. The van der Waals surface area contributed by atoms with Crippen LogP contribution in [0.25, 0.3) is 0 Å². The van der Waals surface area contributed by atoms with Gasteiger partial charge in [-0.2, -0.15) is 21.6 Å². The minimum absolute atomic E-state index is 0.333. The quantitative estimate of drug-likeness (QED) is 0.254. The van der Waals surface area contributed by atoms with Crippen molar-refractivity contribution < 1.29 is 56.5 Å². The zero-order chi connectivity index (χ0) is 18.7. The predicted octanol–water partition coefficient (Wildman–Crippen LogP) is -0.170. The Labute approximate surface area is 152 Å². The van der Waals surface area contributed by atoms with Gasteiger partial charge in [-0.3, -0.25) is 0 Å². The third-order valence-corrected chi connectivity index (χ3v) is 6.58. The van der Waals surface area contributed by atoms with Crippen molar-refractivity contribution in [1.82, 2.24) is 0 Å². The lowest BCUT2D eigenvalue weighted by molar-refractivity contribution is -0.598.